The first-order valence-electron chi connectivity index (χ1n) is 4.88. The van der Waals surface area contributed by atoms with Crippen LogP contribution in [-0.2, 0) is 0 Å². The zero-order valence-electron chi connectivity index (χ0n) is 8.31. The summed E-state index contributed by atoms with van der Waals surface area (Å²) in [5.74, 6) is 0.448. The number of rotatable bonds is 6. The van der Waals surface area contributed by atoms with Crippen molar-refractivity contribution in [3.8, 4) is 5.75 Å². The van der Waals surface area contributed by atoms with Gasteiger partial charge in [0.15, 0.2) is 0 Å². The van der Waals surface area contributed by atoms with Crippen LogP contribution in [0.4, 0.5) is 4.39 Å². The third-order valence-electron chi connectivity index (χ3n) is 1.94. The van der Waals surface area contributed by atoms with Gasteiger partial charge in [0.05, 0.1) is 11.1 Å². The predicted octanol–water partition coefficient (Wildman–Crippen LogP) is 4.53. The van der Waals surface area contributed by atoms with Crippen molar-refractivity contribution in [1.29, 1.82) is 0 Å². The average molecular weight is 340 g/mol. The first-order valence-corrected chi connectivity index (χ1v) is 6.79. The van der Waals surface area contributed by atoms with Crippen LogP contribution in [0.1, 0.15) is 19.3 Å². The van der Waals surface area contributed by atoms with E-state index in [0.29, 0.717) is 16.8 Å². The lowest BCUT2D eigenvalue weighted by atomic mass is 10.3. The Morgan fingerprint density at radius 2 is 2.00 bits per heavy atom. The van der Waals surface area contributed by atoms with Crippen LogP contribution in [0, 0.1) is 5.82 Å². The molecule has 0 aliphatic rings. The Morgan fingerprint density at radius 3 is 2.67 bits per heavy atom. The summed E-state index contributed by atoms with van der Waals surface area (Å²) in [6.07, 6.45) is 3.34. The first kappa shape index (κ1) is 13.0. The molecule has 0 aliphatic heterocycles. The molecule has 1 nitrogen and oxygen atoms in total. The van der Waals surface area contributed by atoms with Crippen LogP contribution in [0.5, 0.6) is 5.75 Å². The molecule has 0 unspecified atom stereocenters. The van der Waals surface area contributed by atoms with Crippen LogP contribution in [0.25, 0.3) is 0 Å². The third-order valence-corrected chi connectivity index (χ3v) is 3.11. The molecular formula is C11H13Br2FO. The summed E-state index contributed by atoms with van der Waals surface area (Å²) >= 11 is 6.49. The molecule has 1 aromatic rings. The Kier molecular flexibility index (Phi) is 6.25. The summed E-state index contributed by atoms with van der Waals surface area (Å²) in [6.45, 7) is 0.686. The zero-order valence-corrected chi connectivity index (χ0v) is 11.5. The summed E-state index contributed by atoms with van der Waals surface area (Å²) in [4.78, 5) is 0. The molecule has 0 N–H and O–H groups in total. The van der Waals surface area contributed by atoms with Gasteiger partial charge in [-0.05, 0) is 53.4 Å². The van der Waals surface area contributed by atoms with Gasteiger partial charge in [0.25, 0.3) is 0 Å². The maximum atomic E-state index is 12.9. The molecule has 0 saturated carbocycles. The fraction of sp³-hybridized carbons (Fsp3) is 0.455. The lowest BCUT2D eigenvalue weighted by Gasteiger charge is -2.06. The van der Waals surface area contributed by atoms with Gasteiger partial charge in [-0.15, -0.1) is 0 Å². The lowest BCUT2D eigenvalue weighted by molar-refractivity contribution is 0.306. The van der Waals surface area contributed by atoms with Gasteiger partial charge in [-0.2, -0.15) is 0 Å². The van der Waals surface area contributed by atoms with Crippen molar-refractivity contribution < 1.29 is 9.13 Å². The van der Waals surface area contributed by atoms with Gasteiger partial charge >= 0.3 is 0 Å². The zero-order chi connectivity index (χ0) is 11.1. The van der Waals surface area contributed by atoms with Crippen molar-refractivity contribution in [2.75, 3.05) is 11.9 Å². The number of hydrogen-bond donors (Lipinski definition) is 0. The van der Waals surface area contributed by atoms with E-state index in [1.165, 1.54) is 6.07 Å². The van der Waals surface area contributed by atoms with Gasteiger partial charge < -0.3 is 4.74 Å². The van der Waals surface area contributed by atoms with Crippen molar-refractivity contribution in [2.45, 2.75) is 19.3 Å². The highest BCUT2D eigenvalue weighted by Gasteiger charge is 2.00. The molecular weight excluding hydrogens is 327 g/mol. The van der Waals surface area contributed by atoms with Gasteiger partial charge in [0, 0.05) is 5.33 Å². The van der Waals surface area contributed by atoms with Crippen molar-refractivity contribution in [3.05, 3.63) is 28.5 Å². The largest absolute Gasteiger partial charge is 0.494 e. The maximum absolute atomic E-state index is 12.9. The molecule has 0 amide bonds. The Bertz CT molecular complexity index is 305. The molecule has 0 aromatic heterocycles. The summed E-state index contributed by atoms with van der Waals surface area (Å²) in [7, 11) is 0. The molecule has 0 saturated heterocycles. The van der Waals surface area contributed by atoms with E-state index in [-0.39, 0.29) is 5.82 Å². The maximum Gasteiger partial charge on any atom is 0.137 e. The van der Waals surface area contributed by atoms with E-state index in [0.717, 1.165) is 24.6 Å². The summed E-state index contributed by atoms with van der Waals surface area (Å²) < 4.78 is 18.8. The Labute approximate surface area is 106 Å². The highest BCUT2D eigenvalue weighted by atomic mass is 79.9. The number of benzene rings is 1. The van der Waals surface area contributed by atoms with E-state index in [9.17, 15) is 4.39 Å². The Balaban J connectivity index is 2.28. The van der Waals surface area contributed by atoms with Gasteiger partial charge in [-0.25, -0.2) is 4.39 Å². The topological polar surface area (TPSA) is 9.23 Å². The molecule has 0 heterocycles. The van der Waals surface area contributed by atoms with Crippen LogP contribution in [-0.4, -0.2) is 11.9 Å². The molecule has 0 fully saturated rings. The van der Waals surface area contributed by atoms with Crippen molar-refractivity contribution in [3.63, 3.8) is 0 Å². The van der Waals surface area contributed by atoms with E-state index in [4.69, 9.17) is 4.74 Å². The summed E-state index contributed by atoms with van der Waals surface area (Å²) in [5.41, 5.74) is 0. The Morgan fingerprint density at radius 1 is 1.20 bits per heavy atom. The van der Waals surface area contributed by atoms with Gasteiger partial charge in [0.1, 0.15) is 11.6 Å². The number of ether oxygens (including phenoxy) is 1. The van der Waals surface area contributed by atoms with E-state index in [1.54, 1.807) is 12.1 Å². The summed E-state index contributed by atoms with van der Waals surface area (Å²) in [6, 6.07) is 4.70. The van der Waals surface area contributed by atoms with Gasteiger partial charge in [0.2, 0.25) is 0 Å². The van der Waals surface area contributed by atoms with Gasteiger partial charge in [-0.1, -0.05) is 15.9 Å². The predicted molar refractivity (Wildman–Crippen MR) is 67.2 cm³/mol. The van der Waals surface area contributed by atoms with Crippen molar-refractivity contribution in [2.24, 2.45) is 0 Å². The third kappa shape index (κ3) is 4.98. The van der Waals surface area contributed by atoms with Crippen molar-refractivity contribution in [1.82, 2.24) is 0 Å². The second-order valence-electron chi connectivity index (χ2n) is 3.17. The Hall–Kier alpha value is -0.0900. The smallest absolute Gasteiger partial charge is 0.137 e. The second kappa shape index (κ2) is 7.23. The quantitative estimate of drug-likeness (QED) is 0.546. The monoisotopic (exact) mass is 338 g/mol. The number of hydrogen-bond acceptors (Lipinski definition) is 1. The highest BCUT2D eigenvalue weighted by Crippen LogP contribution is 2.21. The van der Waals surface area contributed by atoms with Crippen molar-refractivity contribution >= 4 is 31.9 Å². The lowest BCUT2D eigenvalue weighted by Crippen LogP contribution is -1.97. The number of alkyl halides is 1. The van der Waals surface area contributed by atoms with Crippen LogP contribution < -0.4 is 4.74 Å². The normalized spacial score (nSPS) is 10.3. The SMILES string of the molecule is Fc1ccc(OCCCCCBr)cc1Br. The average Bonchev–Trinajstić information content (AvgIpc) is 2.23. The minimum atomic E-state index is -0.262. The molecule has 1 aromatic carbocycles. The molecule has 15 heavy (non-hydrogen) atoms. The molecule has 0 radical (unpaired) electrons. The fourth-order valence-electron chi connectivity index (χ4n) is 1.13. The van der Waals surface area contributed by atoms with Gasteiger partial charge in [-0.3, -0.25) is 0 Å². The standard InChI is InChI=1S/C11H13Br2FO/c12-6-2-1-3-7-15-9-4-5-11(14)10(13)8-9/h4-5,8H,1-3,6-7H2. The van der Waals surface area contributed by atoms with Crippen LogP contribution >= 0.6 is 31.9 Å². The molecule has 0 bridgehead atoms. The highest BCUT2D eigenvalue weighted by molar-refractivity contribution is 9.10. The number of unbranched alkanes of at least 4 members (excludes halogenated alkanes) is 2. The van der Waals surface area contributed by atoms with Crippen LogP contribution in [0.2, 0.25) is 0 Å². The minimum absolute atomic E-state index is 0.262. The number of halogens is 3. The van der Waals surface area contributed by atoms with E-state index in [2.05, 4.69) is 31.9 Å². The second-order valence-corrected chi connectivity index (χ2v) is 4.82. The van der Waals surface area contributed by atoms with Crippen LogP contribution in [0.3, 0.4) is 0 Å². The molecule has 0 atom stereocenters. The summed E-state index contributed by atoms with van der Waals surface area (Å²) in [5, 5.41) is 1.04. The fourth-order valence-corrected chi connectivity index (χ4v) is 1.88. The molecule has 4 heteroatoms. The molecule has 0 spiro atoms. The first-order chi connectivity index (χ1) is 7.24. The molecule has 84 valence electrons. The van der Waals surface area contributed by atoms with E-state index >= 15 is 0 Å². The van der Waals surface area contributed by atoms with Crippen LogP contribution in [0.15, 0.2) is 22.7 Å². The van der Waals surface area contributed by atoms with E-state index in [1.807, 2.05) is 0 Å². The van der Waals surface area contributed by atoms with E-state index < -0.39 is 0 Å². The minimum Gasteiger partial charge on any atom is -0.494 e. The molecule has 1 rings (SSSR count). The molecule has 0 aliphatic carbocycles.